The van der Waals surface area contributed by atoms with E-state index < -0.39 is 26.2 Å². The standard InChI is InChI=1S/C15H18N2O5S2/c1-12(18)11-17(13-5-3-2-4-6-13)24(21,22)15-9-7-14(8-10-15)23(16,19)20/h2-10,12,18H,11H2,1H3,(H2,16,19,20)/t12-/m0/s1. The first-order chi connectivity index (χ1) is 11.1. The number of aliphatic hydroxyl groups is 1. The van der Waals surface area contributed by atoms with Crippen molar-refractivity contribution in [3.05, 3.63) is 54.6 Å². The molecule has 7 nitrogen and oxygen atoms in total. The van der Waals surface area contributed by atoms with Crippen LogP contribution in [0.5, 0.6) is 0 Å². The van der Waals surface area contributed by atoms with E-state index in [9.17, 15) is 21.9 Å². The van der Waals surface area contributed by atoms with Gasteiger partial charge in [-0.15, -0.1) is 0 Å². The van der Waals surface area contributed by atoms with Crippen LogP contribution in [0.2, 0.25) is 0 Å². The predicted molar refractivity (Wildman–Crippen MR) is 90.5 cm³/mol. The van der Waals surface area contributed by atoms with Gasteiger partial charge in [0, 0.05) is 0 Å². The Morgan fingerprint density at radius 3 is 1.92 bits per heavy atom. The zero-order valence-electron chi connectivity index (χ0n) is 12.9. The quantitative estimate of drug-likeness (QED) is 0.784. The summed E-state index contributed by atoms with van der Waals surface area (Å²) in [5.74, 6) is 0. The van der Waals surface area contributed by atoms with Crippen LogP contribution in [0.3, 0.4) is 0 Å². The lowest BCUT2D eigenvalue weighted by Gasteiger charge is -2.25. The van der Waals surface area contributed by atoms with E-state index in [1.165, 1.54) is 19.1 Å². The molecule has 0 saturated heterocycles. The molecule has 0 heterocycles. The van der Waals surface area contributed by atoms with E-state index in [-0.39, 0.29) is 16.3 Å². The Morgan fingerprint density at radius 2 is 1.46 bits per heavy atom. The number of sulfonamides is 2. The van der Waals surface area contributed by atoms with Crippen LogP contribution in [0.25, 0.3) is 0 Å². The van der Waals surface area contributed by atoms with Crippen molar-refractivity contribution in [1.82, 2.24) is 0 Å². The van der Waals surface area contributed by atoms with Gasteiger partial charge in [0.15, 0.2) is 0 Å². The summed E-state index contributed by atoms with van der Waals surface area (Å²) in [5.41, 5.74) is 0.397. The molecule has 0 spiro atoms. The molecule has 2 rings (SSSR count). The first-order valence-electron chi connectivity index (χ1n) is 7.01. The molecule has 0 radical (unpaired) electrons. The molecule has 2 aromatic rings. The number of anilines is 1. The highest BCUT2D eigenvalue weighted by Gasteiger charge is 2.26. The molecule has 0 aromatic heterocycles. The summed E-state index contributed by atoms with van der Waals surface area (Å²) in [6.45, 7) is 1.35. The van der Waals surface area contributed by atoms with E-state index in [1.807, 2.05) is 0 Å². The van der Waals surface area contributed by atoms with Gasteiger partial charge in [0.1, 0.15) is 0 Å². The van der Waals surface area contributed by atoms with Gasteiger partial charge in [-0.3, -0.25) is 4.31 Å². The van der Waals surface area contributed by atoms with Crippen molar-refractivity contribution in [2.45, 2.75) is 22.8 Å². The van der Waals surface area contributed by atoms with E-state index in [0.29, 0.717) is 5.69 Å². The number of primary sulfonamides is 1. The van der Waals surface area contributed by atoms with E-state index in [4.69, 9.17) is 5.14 Å². The van der Waals surface area contributed by atoms with Gasteiger partial charge in [0.05, 0.1) is 28.1 Å². The number of nitrogens with zero attached hydrogens (tertiary/aromatic N) is 1. The third-order valence-electron chi connectivity index (χ3n) is 3.21. The lowest BCUT2D eigenvalue weighted by atomic mass is 10.3. The van der Waals surface area contributed by atoms with E-state index in [2.05, 4.69) is 0 Å². The highest BCUT2D eigenvalue weighted by molar-refractivity contribution is 7.92. The fourth-order valence-corrected chi connectivity index (χ4v) is 4.17. The molecule has 0 saturated carbocycles. The second-order valence-corrected chi connectivity index (χ2v) is 8.66. The maximum Gasteiger partial charge on any atom is 0.264 e. The maximum atomic E-state index is 12.9. The molecule has 24 heavy (non-hydrogen) atoms. The van der Waals surface area contributed by atoms with Gasteiger partial charge in [0.25, 0.3) is 10.0 Å². The SMILES string of the molecule is C[C@H](O)CN(c1ccccc1)S(=O)(=O)c1ccc(S(N)(=O)=O)cc1. The minimum Gasteiger partial charge on any atom is -0.392 e. The van der Waals surface area contributed by atoms with Gasteiger partial charge in [-0.2, -0.15) is 0 Å². The Kier molecular flexibility index (Phi) is 5.29. The number of hydrogen-bond donors (Lipinski definition) is 2. The zero-order valence-corrected chi connectivity index (χ0v) is 14.5. The van der Waals surface area contributed by atoms with Gasteiger partial charge in [-0.05, 0) is 43.3 Å². The highest BCUT2D eigenvalue weighted by Crippen LogP contribution is 2.24. The Balaban J connectivity index is 2.48. The molecular formula is C15H18N2O5S2. The van der Waals surface area contributed by atoms with Crippen molar-refractivity contribution >= 4 is 25.7 Å². The number of aliphatic hydroxyl groups excluding tert-OH is 1. The Bertz CT molecular complexity index is 893. The van der Waals surface area contributed by atoms with Gasteiger partial charge >= 0.3 is 0 Å². The summed E-state index contributed by atoms with van der Waals surface area (Å²) in [6.07, 6.45) is -0.885. The number of benzene rings is 2. The molecule has 9 heteroatoms. The molecule has 0 fully saturated rings. The van der Waals surface area contributed by atoms with Crippen LogP contribution in [0.4, 0.5) is 5.69 Å². The van der Waals surface area contributed by atoms with Crippen molar-refractivity contribution in [3.8, 4) is 0 Å². The number of rotatable bonds is 6. The second-order valence-electron chi connectivity index (χ2n) is 5.24. The minimum absolute atomic E-state index is 0.0978. The molecule has 3 N–H and O–H groups in total. The highest BCUT2D eigenvalue weighted by atomic mass is 32.2. The average Bonchev–Trinajstić information content (AvgIpc) is 2.52. The summed E-state index contributed by atoms with van der Waals surface area (Å²) < 4.78 is 49.4. The largest absolute Gasteiger partial charge is 0.392 e. The van der Waals surface area contributed by atoms with Gasteiger partial charge < -0.3 is 5.11 Å². The number of nitrogens with two attached hydrogens (primary N) is 1. The Labute approximate surface area is 141 Å². The van der Waals surface area contributed by atoms with Crippen LogP contribution in [-0.4, -0.2) is 34.6 Å². The first-order valence-corrected chi connectivity index (χ1v) is 10.00. The topological polar surface area (TPSA) is 118 Å². The molecule has 0 amide bonds. The molecule has 130 valence electrons. The lowest BCUT2D eigenvalue weighted by Crippen LogP contribution is -2.36. The molecule has 0 aliphatic carbocycles. The third-order valence-corrected chi connectivity index (χ3v) is 5.95. The molecule has 2 aromatic carbocycles. The van der Waals surface area contributed by atoms with Crippen molar-refractivity contribution in [2.24, 2.45) is 5.14 Å². The molecular weight excluding hydrogens is 352 g/mol. The van der Waals surface area contributed by atoms with E-state index >= 15 is 0 Å². The molecule has 0 unspecified atom stereocenters. The van der Waals surface area contributed by atoms with Crippen molar-refractivity contribution in [3.63, 3.8) is 0 Å². The van der Waals surface area contributed by atoms with Crippen molar-refractivity contribution in [1.29, 1.82) is 0 Å². The lowest BCUT2D eigenvalue weighted by molar-refractivity contribution is 0.204. The van der Waals surface area contributed by atoms with Crippen molar-refractivity contribution in [2.75, 3.05) is 10.8 Å². The summed E-state index contributed by atoms with van der Waals surface area (Å²) in [6, 6.07) is 12.9. The van der Waals surface area contributed by atoms with Crippen LogP contribution >= 0.6 is 0 Å². The smallest absolute Gasteiger partial charge is 0.264 e. The second kappa shape index (κ2) is 6.89. The van der Waals surface area contributed by atoms with Crippen LogP contribution < -0.4 is 9.44 Å². The number of hydrogen-bond acceptors (Lipinski definition) is 5. The maximum absolute atomic E-state index is 12.9. The summed E-state index contributed by atoms with van der Waals surface area (Å²) >= 11 is 0. The molecule has 1 atom stereocenters. The molecule has 0 aliphatic heterocycles. The summed E-state index contributed by atoms with van der Waals surface area (Å²) in [7, 11) is -7.88. The van der Waals surface area contributed by atoms with Gasteiger partial charge in [0.2, 0.25) is 10.0 Å². The number of para-hydroxylation sites is 1. The van der Waals surface area contributed by atoms with Crippen LogP contribution in [0.1, 0.15) is 6.92 Å². The monoisotopic (exact) mass is 370 g/mol. The minimum atomic E-state index is -3.97. The first kappa shape index (κ1) is 18.4. The van der Waals surface area contributed by atoms with E-state index in [0.717, 1.165) is 16.4 Å². The van der Waals surface area contributed by atoms with Crippen LogP contribution in [0, 0.1) is 0 Å². The Morgan fingerprint density at radius 1 is 0.958 bits per heavy atom. The summed E-state index contributed by atoms with van der Waals surface area (Å²) in [5, 5.41) is 14.7. The zero-order chi connectivity index (χ0) is 18.0. The summed E-state index contributed by atoms with van der Waals surface area (Å²) in [4.78, 5) is -0.275. The predicted octanol–water partition coefficient (Wildman–Crippen LogP) is 0.910. The molecule has 0 bridgehead atoms. The van der Waals surface area contributed by atoms with Gasteiger partial charge in [-0.25, -0.2) is 22.0 Å². The average molecular weight is 370 g/mol. The van der Waals surface area contributed by atoms with Gasteiger partial charge in [-0.1, -0.05) is 18.2 Å². The molecule has 0 aliphatic rings. The fourth-order valence-electron chi connectivity index (χ4n) is 2.11. The normalized spacial score (nSPS) is 13.5. The van der Waals surface area contributed by atoms with Crippen LogP contribution in [-0.2, 0) is 20.0 Å². The van der Waals surface area contributed by atoms with Crippen LogP contribution in [0.15, 0.2) is 64.4 Å². The Hall–Kier alpha value is -1.94. The fraction of sp³-hybridized carbons (Fsp3) is 0.200. The van der Waals surface area contributed by atoms with E-state index in [1.54, 1.807) is 30.3 Å². The van der Waals surface area contributed by atoms with Crippen molar-refractivity contribution < 1.29 is 21.9 Å². The third kappa shape index (κ3) is 4.12.